The van der Waals surface area contributed by atoms with Gasteiger partial charge in [0.25, 0.3) is 10.0 Å². The maximum Gasteiger partial charge on any atom is 0.345 e. The monoisotopic (exact) mass is 295 g/mol. The fraction of sp³-hybridized carbons (Fsp3) is 0.444. The van der Waals surface area contributed by atoms with Gasteiger partial charge in [-0.15, -0.1) is 11.3 Å². The van der Waals surface area contributed by atoms with Gasteiger partial charge in [-0.25, -0.2) is 13.2 Å². The number of hydrogen-bond acceptors (Lipinski definition) is 6. The van der Waals surface area contributed by atoms with Gasteiger partial charge in [0.2, 0.25) is 0 Å². The number of sulfonamides is 1. The van der Waals surface area contributed by atoms with Gasteiger partial charge in [0, 0.05) is 13.1 Å². The zero-order valence-corrected chi connectivity index (χ0v) is 10.9. The van der Waals surface area contributed by atoms with Crippen LogP contribution in [-0.2, 0) is 10.0 Å². The molecule has 9 heteroatoms. The molecular formula is C9H13NO6S2. The second-order valence-corrected chi connectivity index (χ2v) is 6.52. The van der Waals surface area contributed by atoms with Crippen LogP contribution in [0.15, 0.2) is 16.3 Å². The molecule has 0 saturated heterocycles. The van der Waals surface area contributed by atoms with E-state index >= 15 is 0 Å². The summed E-state index contributed by atoms with van der Waals surface area (Å²) in [6.45, 7) is -1.06. The third-order valence-electron chi connectivity index (χ3n) is 2.09. The fourth-order valence-electron chi connectivity index (χ4n) is 1.28. The van der Waals surface area contributed by atoms with Crippen molar-refractivity contribution in [1.82, 2.24) is 4.31 Å². The van der Waals surface area contributed by atoms with E-state index in [1.165, 1.54) is 12.1 Å². The number of thiophene rings is 1. The number of rotatable bonds is 7. The van der Waals surface area contributed by atoms with Crippen LogP contribution in [-0.4, -0.2) is 60.3 Å². The normalized spacial score (nSPS) is 11.9. The highest BCUT2D eigenvalue weighted by Gasteiger charge is 2.26. The highest BCUT2D eigenvalue weighted by molar-refractivity contribution is 7.91. The van der Waals surface area contributed by atoms with Crippen LogP contribution in [0.1, 0.15) is 9.67 Å². The number of carboxylic acids is 1. The van der Waals surface area contributed by atoms with E-state index < -0.39 is 16.0 Å². The summed E-state index contributed by atoms with van der Waals surface area (Å²) >= 11 is 0.636. The topological polar surface area (TPSA) is 115 Å². The Bertz CT molecular complexity index is 503. The third kappa shape index (κ3) is 3.27. The molecule has 0 aliphatic heterocycles. The number of carboxylic acid groups (broad SMARTS) is 1. The third-order valence-corrected chi connectivity index (χ3v) is 5.52. The molecule has 0 spiro atoms. The Morgan fingerprint density at radius 3 is 2.17 bits per heavy atom. The van der Waals surface area contributed by atoms with Crippen LogP contribution < -0.4 is 0 Å². The predicted octanol–water partition coefficient (Wildman–Crippen LogP) is -0.578. The molecule has 7 nitrogen and oxygen atoms in total. The Balaban J connectivity index is 3.05. The number of carbonyl (C=O) groups is 1. The Kier molecular flexibility index (Phi) is 5.23. The number of aromatic carboxylic acids is 1. The Hall–Kier alpha value is -1.00. The number of aliphatic hydroxyl groups excluding tert-OH is 2. The first kappa shape index (κ1) is 15.1. The van der Waals surface area contributed by atoms with Crippen molar-refractivity contribution in [1.29, 1.82) is 0 Å². The van der Waals surface area contributed by atoms with Crippen molar-refractivity contribution in [2.24, 2.45) is 0 Å². The van der Waals surface area contributed by atoms with Crippen molar-refractivity contribution in [2.45, 2.75) is 4.21 Å². The minimum atomic E-state index is -3.87. The predicted molar refractivity (Wildman–Crippen MR) is 64.2 cm³/mol. The Morgan fingerprint density at radius 1 is 1.22 bits per heavy atom. The van der Waals surface area contributed by atoms with Crippen molar-refractivity contribution >= 4 is 27.3 Å². The van der Waals surface area contributed by atoms with E-state index in [0.29, 0.717) is 11.3 Å². The number of nitrogens with zero attached hydrogens (tertiary/aromatic N) is 1. The molecule has 102 valence electrons. The van der Waals surface area contributed by atoms with Crippen molar-refractivity contribution in [2.75, 3.05) is 26.3 Å². The van der Waals surface area contributed by atoms with E-state index in [1.54, 1.807) is 0 Å². The van der Waals surface area contributed by atoms with E-state index in [2.05, 4.69) is 0 Å². The van der Waals surface area contributed by atoms with Crippen LogP contribution >= 0.6 is 11.3 Å². The van der Waals surface area contributed by atoms with Crippen molar-refractivity contribution in [3.05, 3.63) is 17.0 Å². The SMILES string of the molecule is O=C(O)c1ccc(S(=O)(=O)N(CCO)CCO)s1. The summed E-state index contributed by atoms with van der Waals surface area (Å²) in [5, 5.41) is 26.3. The second-order valence-electron chi connectivity index (χ2n) is 3.28. The van der Waals surface area contributed by atoms with E-state index in [0.717, 1.165) is 4.31 Å². The van der Waals surface area contributed by atoms with Gasteiger partial charge in [-0.3, -0.25) is 0 Å². The van der Waals surface area contributed by atoms with Crippen LogP contribution in [0, 0.1) is 0 Å². The molecule has 0 atom stereocenters. The van der Waals surface area contributed by atoms with E-state index in [4.69, 9.17) is 15.3 Å². The summed E-state index contributed by atoms with van der Waals surface area (Å²) in [6, 6.07) is 2.40. The van der Waals surface area contributed by atoms with Crippen LogP contribution in [0.5, 0.6) is 0 Å². The molecule has 1 heterocycles. The lowest BCUT2D eigenvalue weighted by Gasteiger charge is -2.18. The molecule has 0 aliphatic rings. The molecule has 18 heavy (non-hydrogen) atoms. The standard InChI is InChI=1S/C9H13NO6S2/c11-5-3-10(4-6-12)18(15,16)8-2-1-7(17-8)9(13)14/h1-2,11-12H,3-6H2,(H,13,14). The first-order chi connectivity index (χ1) is 8.43. The molecule has 0 unspecified atom stereocenters. The highest BCUT2D eigenvalue weighted by Crippen LogP contribution is 2.24. The van der Waals surface area contributed by atoms with Crippen molar-refractivity contribution in [3.63, 3.8) is 0 Å². The number of aliphatic hydroxyl groups is 2. The molecule has 1 rings (SSSR count). The molecule has 0 bridgehead atoms. The zero-order valence-electron chi connectivity index (χ0n) is 9.31. The molecule has 0 amide bonds. The lowest BCUT2D eigenvalue weighted by Crippen LogP contribution is -2.35. The lowest BCUT2D eigenvalue weighted by molar-refractivity contribution is 0.0702. The maximum absolute atomic E-state index is 12.1. The van der Waals surface area contributed by atoms with Gasteiger partial charge < -0.3 is 15.3 Å². The summed E-state index contributed by atoms with van der Waals surface area (Å²) in [7, 11) is -3.87. The highest BCUT2D eigenvalue weighted by atomic mass is 32.2. The van der Waals surface area contributed by atoms with E-state index in [1.807, 2.05) is 0 Å². The smallest absolute Gasteiger partial charge is 0.345 e. The summed E-state index contributed by atoms with van der Waals surface area (Å²) in [5.41, 5.74) is 0. The maximum atomic E-state index is 12.1. The molecule has 1 aromatic heterocycles. The van der Waals surface area contributed by atoms with Gasteiger partial charge in [-0.1, -0.05) is 0 Å². The average Bonchev–Trinajstić information content (AvgIpc) is 2.78. The molecule has 0 fully saturated rings. The molecule has 0 radical (unpaired) electrons. The molecule has 0 aromatic carbocycles. The molecule has 3 N–H and O–H groups in total. The van der Waals surface area contributed by atoms with Gasteiger partial charge in [-0.2, -0.15) is 4.31 Å². The Labute approximate surface area is 108 Å². The lowest BCUT2D eigenvalue weighted by atomic mass is 10.5. The zero-order chi connectivity index (χ0) is 13.8. The summed E-state index contributed by atoms with van der Waals surface area (Å²) < 4.78 is 24.9. The van der Waals surface area contributed by atoms with Gasteiger partial charge >= 0.3 is 5.97 Å². The van der Waals surface area contributed by atoms with Gasteiger partial charge in [0.05, 0.1) is 13.2 Å². The summed E-state index contributed by atoms with van der Waals surface area (Å²) in [5.74, 6) is -1.20. The van der Waals surface area contributed by atoms with E-state index in [9.17, 15) is 13.2 Å². The minimum Gasteiger partial charge on any atom is -0.477 e. The Morgan fingerprint density at radius 2 is 1.78 bits per heavy atom. The van der Waals surface area contributed by atoms with Crippen LogP contribution in [0.25, 0.3) is 0 Å². The number of hydrogen-bond donors (Lipinski definition) is 3. The van der Waals surface area contributed by atoms with Crippen molar-refractivity contribution in [3.8, 4) is 0 Å². The molecule has 0 aliphatic carbocycles. The molecule has 1 aromatic rings. The van der Waals surface area contributed by atoms with Crippen LogP contribution in [0.4, 0.5) is 0 Å². The van der Waals surface area contributed by atoms with Crippen LogP contribution in [0.3, 0.4) is 0 Å². The van der Waals surface area contributed by atoms with Crippen LogP contribution in [0.2, 0.25) is 0 Å². The first-order valence-electron chi connectivity index (χ1n) is 4.98. The van der Waals surface area contributed by atoms with Gasteiger partial charge in [0.15, 0.2) is 0 Å². The largest absolute Gasteiger partial charge is 0.477 e. The second kappa shape index (κ2) is 6.25. The van der Waals surface area contributed by atoms with E-state index in [-0.39, 0.29) is 35.4 Å². The first-order valence-corrected chi connectivity index (χ1v) is 7.24. The van der Waals surface area contributed by atoms with Crippen molar-refractivity contribution < 1.29 is 28.5 Å². The van der Waals surface area contributed by atoms with Gasteiger partial charge in [0.1, 0.15) is 9.09 Å². The fourth-order valence-corrected chi connectivity index (χ4v) is 4.00. The summed E-state index contributed by atoms with van der Waals surface area (Å²) in [4.78, 5) is 10.6. The minimum absolute atomic E-state index is 0.0819. The summed E-state index contributed by atoms with van der Waals surface area (Å²) in [6.07, 6.45) is 0. The molecular weight excluding hydrogens is 282 g/mol. The molecule has 0 saturated carbocycles. The average molecular weight is 295 g/mol. The quantitative estimate of drug-likeness (QED) is 0.620. The van der Waals surface area contributed by atoms with Gasteiger partial charge in [-0.05, 0) is 12.1 Å².